The van der Waals surface area contributed by atoms with Gasteiger partial charge in [0.25, 0.3) is 0 Å². The van der Waals surface area contributed by atoms with Gasteiger partial charge < -0.3 is 34.8 Å². The summed E-state index contributed by atoms with van der Waals surface area (Å²) in [6.45, 7) is 0.188. The van der Waals surface area contributed by atoms with Crippen molar-refractivity contribution in [2.24, 2.45) is 0 Å². The normalized spacial score (nSPS) is 27.2. The van der Waals surface area contributed by atoms with E-state index in [4.69, 9.17) is 9.47 Å². The van der Waals surface area contributed by atoms with Gasteiger partial charge in [-0.2, -0.15) is 0 Å². The molecule has 0 aliphatic carbocycles. The van der Waals surface area contributed by atoms with Gasteiger partial charge >= 0.3 is 0 Å². The molecule has 44 heavy (non-hydrogen) atoms. The van der Waals surface area contributed by atoms with E-state index in [2.05, 4.69) is 10.3 Å². The quantitative estimate of drug-likeness (QED) is 0.282. The maximum atomic E-state index is 14.2. The summed E-state index contributed by atoms with van der Waals surface area (Å²) in [4.78, 5) is 15.8. The number of halogens is 3. The minimum absolute atomic E-state index is 0.0734. The third kappa shape index (κ3) is 5.62. The maximum Gasteiger partial charge on any atom is 0.243 e. The Hall–Kier alpha value is -3.05. The van der Waals surface area contributed by atoms with E-state index < -0.39 is 64.7 Å². The van der Waals surface area contributed by atoms with E-state index in [1.165, 1.54) is 6.20 Å². The monoisotopic (exact) mass is 636 g/mol. The number of nitrogens with zero attached hydrogens (tertiary/aromatic N) is 4. The van der Waals surface area contributed by atoms with E-state index in [9.17, 15) is 38.4 Å². The fraction of sp³-hybridized carbons (Fsp3) is 0.483. The molecule has 3 aliphatic heterocycles. The number of aliphatic hydroxyl groups excluding tert-OH is 3. The summed E-state index contributed by atoms with van der Waals surface area (Å²) < 4.78 is 53.6. The first kappa shape index (κ1) is 31.0. The molecule has 4 heterocycles. The fourth-order valence-corrected chi connectivity index (χ4v) is 7.53. The summed E-state index contributed by atoms with van der Waals surface area (Å²) in [6.07, 6.45) is -2.15. The lowest BCUT2D eigenvalue weighted by Gasteiger charge is -2.45. The number of anilines is 1. The second-order valence-corrected chi connectivity index (χ2v) is 12.3. The minimum atomic E-state index is -1.64. The van der Waals surface area contributed by atoms with Gasteiger partial charge in [0, 0.05) is 43.9 Å². The smallest absolute Gasteiger partial charge is 0.243 e. The second kappa shape index (κ2) is 12.4. The lowest BCUT2D eigenvalue weighted by Crippen LogP contribution is -2.58. The van der Waals surface area contributed by atoms with Gasteiger partial charge in [-0.05, 0) is 30.2 Å². The Bertz CT molecular complexity index is 1500. The van der Waals surface area contributed by atoms with Crippen molar-refractivity contribution in [1.29, 1.82) is 0 Å². The molecule has 11 nitrogen and oxygen atoms in total. The lowest BCUT2D eigenvalue weighted by atomic mass is 9.89. The van der Waals surface area contributed by atoms with Gasteiger partial charge in [-0.1, -0.05) is 23.4 Å². The molecule has 0 spiro atoms. The number of hydrogen-bond acceptors (Lipinski definition) is 10. The molecule has 236 valence electrons. The van der Waals surface area contributed by atoms with Crippen LogP contribution in [0.4, 0.5) is 18.9 Å². The van der Waals surface area contributed by atoms with Gasteiger partial charge in [0.05, 0.1) is 18.4 Å². The SMILES string of the molecule is O=C(C(S[C@@H]1O[C@H](CO)[C@H](O)[C@H](n2cc(-c3cc(F)c(F)c(F)c3)nn2)[C@H]1O)C1(O)CCOCC1)N1CCc2ccccc21. The highest BCUT2D eigenvalue weighted by Crippen LogP contribution is 2.43. The van der Waals surface area contributed by atoms with E-state index in [1.54, 1.807) is 4.90 Å². The van der Waals surface area contributed by atoms with E-state index in [0.29, 0.717) is 13.0 Å². The van der Waals surface area contributed by atoms with Crippen molar-refractivity contribution in [3.63, 3.8) is 0 Å². The van der Waals surface area contributed by atoms with Crippen molar-refractivity contribution in [1.82, 2.24) is 15.0 Å². The molecule has 3 aliphatic rings. The number of hydrogen-bond donors (Lipinski definition) is 4. The van der Waals surface area contributed by atoms with E-state index >= 15 is 0 Å². The highest BCUT2D eigenvalue weighted by Gasteiger charge is 2.52. The summed E-state index contributed by atoms with van der Waals surface area (Å²) in [5, 5.41) is 51.1. The number of rotatable bonds is 7. The van der Waals surface area contributed by atoms with Gasteiger partial charge in [0.15, 0.2) is 17.5 Å². The molecule has 0 bridgehead atoms. The molecule has 6 rings (SSSR count). The molecule has 2 fully saturated rings. The number of ether oxygens (including phenoxy) is 2. The van der Waals surface area contributed by atoms with Gasteiger partial charge in [-0.15, -0.1) is 16.9 Å². The number of para-hydroxylation sites is 1. The van der Waals surface area contributed by atoms with Crippen LogP contribution in [0.15, 0.2) is 42.6 Å². The molecular formula is C29H31F3N4O7S. The van der Waals surface area contributed by atoms with Gasteiger partial charge in [0.2, 0.25) is 5.91 Å². The molecule has 3 aromatic rings. The average molecular weight is 637 g/mol. The van der Waals surface area contributed by atoms with Crippen LogP contribution in [0.2, 0.25) is 0 Å². The summed E-state index contributed by atoms with van der Waals surface area (Å²) in [7, 11) is 0. The van der Waals surface area contributed by atoms with Crippen LogP contribution in [0.5, 0.6) is 0 Å². The van der Waals surface area contributed by atoms with Crippen LogP contribution in [-0.4, -0.2) is 102 Å². The first-order valence-electron chi connectivity index (χ1n) is 14.2. The summed E-state index contributed by atoms with van der Waals surface area (Å²) in [5.41, 5.74) is -1.24. The third-order valence-electron chi connectivity index (χ3n) is 8.44. The van der Waals surface area contributed by atoms with Crippen molar-refractivity contribution >= 4 is 23.4 Å². The standard InChI is InChI=1S/C29H31F3N4O7S/c30-17-11-16(12-18(31)22(17)32)19-13-36(34-33-19)23-24(38)21(14-37)43-28(25(23)39)44-26(29(41)6-9-42-10-7-29)27(40)35-8-5-15-3-1-2-4-20(15)35/h1-4,11-13,21,23-26,28,37-39,41H,5-10,14H2/t21-,23+,24+,25-,26?,28+/m1/s1. The predicted octanol–water partition coefficient (Wildman–Crippen LogP) is 1.58. The summed E-state index contributed by atoms with van der Waals surface area (Å²) >= 11 is 0.883. The van der Waals surface area contributed by atoms with E-state index in [0.717, 1.165) is 39.8 Å². The Balaban J connectivity index is 1.31. The number of carbonyl (C=O) groups excluding carboxylic acids is 1. The molecule has 0 saturated carbocycles. The van der Waals surface area contributed by atoms with E-state index in [-0.39, 0.29) is 43.2 Å². The zero-order valence-corrected chi connectivity index (χ0v) is 24.1. The Labute approximate surface area is 254 Å². The van der Waals surface area contributed by atoms with Gasteiger partial charge in [0.1, 0.15) is 40.7 Å². The number of benzene rings is 2. The Morgan fingerprint density at radius 1 is 1.11 bits per heavy atom. The highest BCUT2D eigenvalue weighted by molar-refractivity contribution is 8.01. The van der Waals surface area contributed by atoms with Crippen LogP contribution < -0.4 is 4.90 Å². The molecule has 2 aromatic carbocycles. The second-order valence-electron chi connectivity index (χ2n) is 11.1. The third-order valence-corrected chi connectivity index (χ3v) is 10.0. The summed E-state index contributed by atoms with van der Waals surface area (Å²) in [6, 6.07) is 7.65. The van der Waals surface area contributed by atoms with Gasteiger partial charge in [-0.3, -0.25) is 4.79 Å². The molecular weight excluding hydrogens is 605 g/mol. The van der Waals surface area contributed by atoms with Crippen molar-refractivity contribution in [2.45, 2.75) is 59.9 Å². The topological polar surface area (TPSA) is 150 Å². The molecule has 1 unspecified atom stereocenters. The largest absolute Gasteiger partial charge is 0.394 e. The first-order chi connectivity index (χ1) is 21.1. The first-order valence-corrected chi connectivity index (χ1v) is 15.1. The molecule has 15 heteroatoms. The number of carbonyl (C=O) groups is 1. The Morgan fingerprint density at radius 2 is 1.82 bits per heavy atom. The van der Waals surface area contributed by atoms with Crippen LogP contribution in [0.3, 0.4) is 0 Å². The Morgan fingerprint density at radius 3 is 2.52 bits per heavy atom. The number of fused-ring (bicyclic) bond motifs is 1. The number of amides is 1. The van der Waals surface area contributed by atoms with Gasteiger partial charge in [-0.25, -0.2) is 17.9 Å². The van der Waals surface area contributed by atoms with E-state index in [1.807, 2.05) is 24.3 Å². The van der Waals surface area contributed by atoms with Crippen LogP contribution in [0, 0.1) is 17.5 Å². The zero-order chi connectivity index (χ0) is 31.2. The predicted molar refractivity (Wildman–Crippen MR) is 151 cm³/mol. The van der Waals surface area contributed by atoms with Crippen molar-refractivity contribution in [2.75, 3.05) is 31.3 Å². The molecule has 4 N–H and O–H groups in total. The lowest BCUT2D eigenvalue weighted by molar-refractivity contribution is -0.179. The van der Waals surface area contributed by atoms with Crippen molar-refractivity contribution in [3.05, 3.63) is 65.6 Å². The maximum absolute atomic E-state index is 14.2. The van der Waals surface area contributed by atoms with Crippen LogP contribution in [0.1, 0.15) is 24.4 Å². The number of aliphatic hydroxyl groups is 4. The molecule has 6 atom stereocenters. The Kier molecular flexibility index (Phi) is 8.71. The molecule has 1 aromatic heterocycles. The number of aromatic nitrogens is 3. The number of thioether (sulfide) groups is 1. The van der Waals surface area contributed by atoms with Crippen molar-refractivity contribution in [3.8, 4) is 11.3 Å². The van der Waals surface area contributed by atoms with Crippen molar-refractivity contribution < 1.29 is 47.9 Å². The molecule has 0 radical (unpaired) electrons. The van der Waals surface area contributed by atoms with Crippen LogP contribution in [0.25, 0.3) is 11.3 Å². The fourth-order valence-electron chi connectivity index (χ4n) is 6.00. The van der Waals surface area contributed by atoms with Crippen LogP contribution in [-0.2, 0) is 20.7 Å². The molecule has 1 amide bonds. The average Bonchev–Trinajstić information content (AvgIpc) is 3.67. The minimum Gasteiger partial charge on any atom is -0.394 e. The highest BCUT2D eigenvalue weighted by atomic mass is 32.2. The summed E-state index contributed by atoms with van der Waals surface area (Å²) in [5.74, 6) is -4.89. The molecule has 2 saturated heterocycles. The zero-order valence-electron chi connectivity index (χ0n) is 23.3. The van der Waals surface area contributed by atoms with Crippen LogP contribution >= 0.6 is 11.8 Å².